The van der Waals surface area contributed by atoms with E-state index in [2.05, 4.69) is 9.71 Å². The second kappa shape index (κ2) is 6.02. The number of nitrogens with one attached hydrogen (secondary N) is 1. The van der Waals surface area contributed by atoms with Gasteiger partial charge in [-0.05, 0) is 42.7 Å². The Morgan fingerprint density at radius 3 is 2.50 bits per heavy atom. The van der Waals surface area contributed by atoms with Gasteiger partial charge in [0.15, 0.2) is 0 Å². The monoisotopic (exact) mass is 292 g/mol. The highest BCUT2D eigenvalue weighted by Gasteiger charge is 2.15. The standard InChI is InChI=1S/C14H16N2O3S/c1-11-6-8-15-10-14(11)16-20(18,19)13-4-2-12(3-5-13)7-9-17/h2-6,8,10,16-17H,7,9H2,1H3. The molecule has 6 heteroatoms. The normalized spacial score (nSPS) is 11.3. The van der Waals surface area contributed by atoms with E-state index in [4.69, 9.17) is 5.11 Å². The predicted octanol–water partition coefficient (Wildman–Crippen LogP) is 1.73. The van der Waals surface area contributed by atoms with Gasteiger partial charge in [-0.15, -0.1) is 0 Å². The number of rotatable bonds is 5. The summed E-state index contributed by atoms with van der Waals surface area (Å²) < 4.78 is 27.0. The zero-order valence-corrected chi connectivity index (χ0v) is 11.9. The average Bonchev–Trinajstić information content (AvgIpc) is 2.42. The van der Waals surface area contributed by atoms with Crippen molar-refractivity contribution in [3.05, 3.63) is 53.9 Å². The summed E-state index contributed by atoms with van der Waals surface area (Å²) in [5, 5.41) is 8.84. The highest BCUT2D eigenvalue weighted by Crippen LogP contribution is 2.18. The summed E-state index contributed by atoms with van der Waals surface area (Å²) in [5.41, 5.74) is 2.16. The molecule has 20 heavy (non-hydrogen) atoms. The summed E-state index contributed by atoms with van der Waals surface area (Å²) in [6.45, 7) is 1.85. The fourth-order valence-corrected chi connectivity index (χ4v) is 2.85. The van der Waals surface area contributed by atoms with Crippen molar-refractivity contribution in [2.24, 2.45) is 0 Å². The lowest BCUT2D eigenvalue weighted by Crippen LogP contribution is -2.14. The van der Waals surface area contributed by atoms with Crippen molar-refractivity contribution in [2.75, 3.05) is 11.3 Å². The third-order valence-corrected chi connectivity index (χ3v) is 4.30. The van der Waals surface area contributed by atoms with Crippen LogP contribution in [0, 0.1) is 6.92 Å². The van der Waals surface area contributed by atoms with Gasteiger partial charge in [-0.25, -0.2) is 8.42 Å². The molecule has 0 atom stereocenters. The molecule has 1 aromatic heterocycles. The molecule has 0 aliphatic heterocycles. The fourth-order valence-electron chi connectivity index (χ4n) is 1.74. The van der Waals surface area contributed by atoms with Gasteiger partial charge in [0.1, 0.15) is 0 Å². The molecular formula is C14H16N2O3S. The second-order valence-corrected chi connectivity index (χ2v) is 6.10. The van der Waals surface area contributed by atoms with Crippen LogP contribution in [0.25, 0.3) is 0 Å². The van der Waals surface area contributed by atoms with Gasteiger partial charge in [-0.2, -0.15) is 0 Å². The van der Waals surface area contributed by atoms with Gasteiger partial charge < -0.3 is 5.11 Å². The Kier molecular flexibility index (Phi) is 4.36. The average molecular weight is 292 g/mol. The minimum atomic E-state index is -3.62. The molecule has 0 aliphatic carbocycles. The van der Waals surface area contributed by atoms with E-state index < -0.39 is 10.0 Å². The number of nitrogens with zero attached hydrogens (tertiary/aromatic N) is 1. The maximum atomic E-state index is 12.2. The Hall–Kier alpha value is -1.92. The largest absolute Gasteiger partial charge is 0.396 e. The molecule has 0 aliphatic rings. The number of aryl methyl sites for hydroxylation is 1. The Labute approximate surface area is 118 Å². The Bertz CT molecular complexity index is 682. The van der Waals surface area contributed by atoms with Gasteiger partial charge in [-0.3, -0.25) is 9.71 Å². The minimum absolute atomic E-state index is 0.0409. The van der Waals surface area contributed by atoms with E-state index in [1.807, 2.05) is 6.92 Å². The summed E-state index contributed by atoms with van der Waals surface area (Å²) >= 11 is 0. The van der Waals surface area contributed by atoms with Crippen LogP contribution in [0.4, 0.5) is 5.69 Å². The van der Waals surface area contributed by atoms with Crippen LogP contribution >= 0.6 is 0 Å². The van der Waals surface area contributed by atoms with E-state index in [0.29, 0.717) is 12.1 Å². The van der Waals surface area contributed by atoms with Crippen LogP contribution in [-0.4, -0.2) is 25.1 Å². The van der Waals surface area contributed by atoms with Gasteiger partial charge in [0, 0.05) is 12.8 Å². The zero-order chi connectivity index (χ0) is 14.6. The maximum Gasteiger partial charge on any atom is 0.261 e. The Morgan fingerprint density at radius 1 is 1.20 bits per heavy atom. The van der Waals surface area contributed by atoms with E-state index >= 15 is 0 Å². The van der Waals surface area contributed by atoms with E-state index in [-0.39, 0.29) is 11.5 Å². The van der Waals surface area contributed by atoms with Crippen LogP contribution < -0.4 is 4.72 Å². The number of hydrogen-bond donors (Lipinski definition) is 2. The molecule has 0 amide bonds. The van der Waals surface area contributed by atoms with Crippen molar-refractivity contribution in [2.45, 2.75) is 18.2 Å². The molecule has 106 valence electrons. The first-order valence-corrected chi connectivity index (χ1v) is 7.64. The van der Waals surface area contributed by atoms with Crippen molar-refractivity contribution in [3.8, 4) is 0 Å². The molecule has 2 aromatic rings. The van der Waals surface area contributed by atoms with Crippen molar-refractivity contribution < 1.29 is 13.5 Å². The van der Waals surface area contributed by atoms with Gasteiger partial charge in [0.2, 0.25) is 0 Å². The van der Waals surface area contributed by atoms with E-state index in [9.17, 15) is 8.42 Å². The third-order valence-electron chi connectivity index (χ3n) is 2.92. The van der Waals surface area contributed by atoms with Crippen molar-refractivity contribution in [1.29, 1.82) is 0 Å². The SMILES string of the molecule is Cc1ccncc1NS(=O)(=O)c1ccc(CCO)cc1. The fraction of sp³-hybridized carbons (Fsp3) is 0.214. The smallest absolute Gasteiger partial charge is 0.261 e. The molecule has 0 saturated heterocycles. The lowest BCUT2D eigenvalue weighted by molar-refractivity contribution is 0.299. The van der Waals surface area contributed by atoms with Crippen LogP contribution in [0.15, 0.2) is 47.6 Å². The van der Waals surface area contributed by atoms with Crippen molar-refractivity contribution >= 4 is 15.7 Å². The molecule has 0 radical (unpaired) electrons. The molecule has 0 saturated carbocycles. The lowest BCUT2D eigenvalue weighted by Gasteiger charge is -2.10. The summed E-state index contributed by atoms with van der Waals surface area (Å²) in [4.78, 5) is 4.09. The molecule has 5 nitrogen and oxygen atoms in total. The first-order chi connectivity index (χ1) is 9.53. The molecule has 0 spiro atoms. The molecular weight excluding hydrogens is 276 g/mol. The first kappa shape index (κ1) is 14.5. The van der Waals surface area contributed by atoms with Gasteiger partial charge >= 0.3 is 0 Å². The number of pyridine rings is 1. The van der Waals surface area contributed by atoms with Crippen LogP contribution in [-0.2, 0) is 16.4 Å². The maximum absolute atomic E-state index is 12.2. The molecule has 2 N–H and O–H groups in total. The number of aliphatic hydroxyl groups excluding tert-OH is 1. The van der Waals surface area contributed by atoms with Crippen LogP contribution in [0.2, 0.25) is 0 Å². The lowest BCUT2D eigenvalue weighted by atomic mass is 10.2. The summed E-state index contributed by atoms with van der Waals surface area (Å²) in [6, 6.07) is 8.18. The van der Waals surface area contributed by atoms with Gasteiger partial charge in [-0.1, -0.05) is 12.1 Å². The quantitative estimate of drug-likeness (QED) is 0.879. The van der Waals surface area contributed by atoms with Crippen LogP contribution in [0.3, 0.4) is 0 Å². The number of hydrogen-bond acceptors (Lipinski definition) is 4. The number of aliphatic hydroxyl groups is 1. The van der Waals surface area contributed by atoms with E-state index in [0.717, 1.165) is 11.1 Å². The third kappa shape index (κ3) is 3.34. The van der Waals surface area contributed by atoms with Crippen molar-refractivity contribution in [1.82, 2.24) is 4.98 Å². The van der Waals surface area contributed by atoms with E-state index in [1.165, 1.54) is 18.3 Å². The van der Waals surface area contributed by atoms with E-state index in [1.54, 1.807) is 24.4 Å². The van der Waals surface area contributed by atoms with Gasteiger partial charge in [0.25, 0.3) is 10.0 Å². The highest BCUT2D eigenvalue weighted by atomic mass is 32.2. The first-order valence-electron chi connectivity index (χ1n) is 6.16. The number of aromatic nitrogens is 1. The van der Waals surface area contributed by atoms with Crippen molar-refractivity contribution in [3.63, 3.8) is 0 Å². The zero-order valence-electron chi connectivity index (χ0n) is 11.1. The Morgan fingerprint density at radius 2 is 1.90 bits per heavy atom. The van der Waals surface area contributed by atoms with Gasteiger partial charge in [0.05, 0.1) is 16.8 Å². The molecule has 0 fully saturated rings. The van der Waals surface area contributed by atoms with Crippen LogP contribution in [0.1, 0.15) is 11.1 Å². The molecule has 2 rings (SSSR count). The second-order valence-electron chi connectivity index (χ2n) is 4.41. The number of sulfonamides is 1. The molecule has 1 heterocycles. The van der Waals surface area contributed by atoms with Crippen LogP contribution in [0.5, 0.6) is 0 Å². The Balaban J connectivity index is 2.24. The number of benzene rings is 1. The summed E-state index contributed by atoms with van der Waals surface area (Å²) in [6.07, 6.45) is 3.60. The molecule has 0 bridgehead atoms. The minimum Gasteiger partial charge on any atom is -0.396 e. The summed E-state index contributed by atoms with van der Waals surface area (Å²) in [7, 11) is -3.62. The molecule has 1 aromatic carbocycles. The summed E-state index contributed by atoms with van der Waals surface area (Å²) in [5.74, 6) is 0. The predicted molar refractivity (Wildman–Crippen MR) is 77.0 cm³/mol. The topological polar surface area (TPSA) is 79.3 Å². The number of anilines is 1. The molecule has 0 unspecified atom stereocenters. The highest BCUT2D eigenvalue weighted by molar-refractivity contribution is 7.92.